The average Bonchev–Trinajstić information content (AvgIpc) is 3.39. The highest BCUT2D eigenvalue weighted by Gasteiger charge is 2.37. The molecule has 0 bridgehead atoms. The molecule has 0 aromatic heterocycles. The Kier molecular flexibility index (Phi) is 4.39. The number of nitrogens with zero attached hydrogens (tertiary/aromatic N) is 2. The lowest BCUT2D eigenvalue weighted by Crippen LogP contribution is -2.50. The molecule has 0 radical (unpaired) electrons. The second kappa shape index (κ2) is 6.29. The predicted octanol–water partition coefficient (Wildman–Crippen LogP) is 2.56. The molecular formula is C18H26N2O2. The van der Waals surface area contributed by atoms with Crippen LogP contribution in [0.3, 0.4) is 0 Å². The second-order valence-corrected chi connectivity index (χ2v) is 6.65. The van der Waals surface area contributed by atoms with Crippen molar-refractivity contribution < 1.29 is 9.53 Å². The Morgan fingerprint density at radius 1 is 1.27 bits per heavy atom. The van der Waals surface area contributed by atoms with Crippen LogP contribution in [0.25, 0.3) is 0 Å². The molecule has 3 rings (SSSR count). The Morgan fingerprint density at radius 3 is 2.68 bits per heavy atom. The first kappa shape index (κ1) is 15.3. The summed E-state index contributed by atoms with van der Waals surface area (Å²) in [4.78, 5) is 17.1. The van der Waals surface area contributed by atoms with E-state index in [1.165, 1.54) is 18.4 Å². The van der Waals surface area contributed by atoms with Gasteiger partial charge in [-0.3, -0.25) is 9.69 Å². The zero-order chi connectivity index (χ0) is 15.7. The molecule has 0 spiro atoms. The summed E-state index contributed by atoms with van der Waals surface area (Å²) in [7, 11) is 3.84. The number of hydrogen-bond acceptors (Lipinski definition) is 3. The number of methoxy groups -OCH3 is 1. The molecule has 2 atom stereocenters. The Labute approximate surface area is 133 Å². The molecular weight excluding hydrogens is 276 g/mol. The summed E-state index contributed by atoms with van der Waals surface area (Å²) in [5.74, 6) is 2.04. The molecule has 2 unspecified atom stereocenters. The lowest BCUT2D eigenvalue weighted by atomic mass is 9.99. The normalized spacial score (nSPS) is 24.1. The number of carbonyl (C=O) groups is 1. The van der Waals surface area contributed by atoms with E-state index in [1.807, 2.05) is 18.2 Å². The highest BCUT2D eigenvalue weighted by Crippen LogP contribution is 2.38. The molecule has 1 amide bonds. The van der Waals surface area contributed by atoms with Crippen molar-refractivity contribution in [3.63, 3.8) is 0 Å². The van der Waals surface area contributed by atoms with Gasteiger partial charge in [0.1, 0.15) is 5.75 Å². The quantitative estimate of drug-likeness (QED) is 0.857. The van der Waals surface area contributed by atoms with E-state index < -0.39 is 0 Å². The van der Waals surface area contributed by atoms with Crippen molar-refractivity contribution in [1.82, 2.24) is 9.80 Å². The molecule has 1 aromatic rings. The van der Waals surface area contributed by atoms with Gasteiger partial charge in [0, 0.05) is 31.1 Å². The lowest BCUT2D eigenvalue weighted by molar-refractivity contribution is -0.138. The molecule has 1 saturated carbocycles. The van der Waals surface area contributed by atoms with Crippen molar-refractivity contribution in [3.05, 3.63) is 29.8 Å². The van der Waals surface area contributed by atoms with Crippen LogP contribution in [0.5, 0.6) is 5.75 Å². The van der Waals surface area contributed by atoms with Crippen molar-refractivity contribution in [1.29, 1.82) is 0 Å². The van der Waals surface area contributed by atoms with E-state index >= 15 is 0 Å². The van der Waals surface area contributed by atoms with Gasteiger partial charge < -0.3 is 9.64 Å². The minimum atomic E-state index is 0.182. The summed E-state index contributed by atoms with van der Waals surface area (Å²) in [5.41, 5.74) is 1.17. The highest BCUT2D eigenvalue weighted by atomic mass is 16.5. The van der Waals surface area contributed by atoms with Gasteiger partial charge in [-0.15, -0.1) is 0 Å². The van der Waals surface area contributed by atoms with Crippen LogP contribution >= 0.6 is 0 Å². The topological polar surface area (TPSA) is 32.8 Å². The van der Waals surface area contributed by atoms with Gasteiger partial charge >= 0.3 is 0 Å². The van der Waals surface area contributed by atoms with Gasteiger partial charge in [0.25, 0.3) is 0 Å². The van der Waals surface area contributed by atoms with Gasteiger partial charge in [0.05, 0.1) is 13.2 Å². The highest BCUT2D eigenvalue weighted by molar-refractivity contribution is 5.79. The smallest absolute Gasteiger partial charge is 0.225 e. The van der Waals surface area contributed by atoms with E-state index in [1.54, 1.807) is 7.11 Å². The molecule has 22 heavy (non-hydrogen) atoms. The van der Waals surface area contributed by atoms with Crippen molar-refractivity contribution >= 4 is 5.91 Å². The number of para-hydroxylation sites is 1. The first-order chi connectivity index (χ1) is 10.6. The summed E-state index contributed by atoms with van der Waals surface area (Å²) < 4.78 is 5.51. The minimum absolute atomic E-state index is 0.182. The Morgan fingerprint density at radius 2 is 2.00 bits per heavy atom. The van der Waals surface area contributed by atoms with Crippen LogP contribution < -0.4 is 4.74 Å². The van der Waals surface area contributed by atoms with Crippen LogP contribution in [0.2, 0.25) is 0 Å². The number of likely N-dealkylation sites (N-methyl/N-ethyl adjacent to an activating group) is 1. The molecule has 4 heteroatoms. The summed E-state index contributed by atoms with van der Waals surface area (Å²) in [6.45, 7) is 4.59. The number of benzene rings is 1. The zero-order valence-electron chi connectivity index (χ0n) is 13.8. The van der Waals surface area contributed by atoms with Gasteiger partial charge in [-0.1, -0.05) is 25.1 Å². The second-order valence-electron chi connectivity index (χ2n) is 6.65. The Bertz CT molecular complexity index is 542. The van der Waals surface area contributed by atoms with Gasteiger partial charge in [0.2, 0.25) is 5.91 Å². The lowest BCUT2D eigenvalue weighted by Gasteiger charge is -2.41. The number of ether oxygens (including phenoxy) is 1. The monoisotopic (exact) mass is 302 g/mol. The maximum absolute atomic E-state index is 12.7. The minimum Gasteiger partial charge on any atom is -0.496 e. The molecule has 4 nitrogen and oxygen atoms in total. The molecule has 2 aliphatic rings. The zero-order valence-corrected chi connectivity index (χ0v) is 13.8. The average molecular weight is 302 g/mol. The van der Waals surface area contributed by atoms with E-state index in [0.717, 1.165) is 25.4 Å². The van der Waals surface area contributed by atoms with Gasteiger partial charge in [-0.2, -0.15) is 0 Å². The fraction of sp³-hybridized carbons (Fsp3) is 0.611. The standard InChI is InChI=1S/C18H26N2O2/c1-13(14-8-9-14)18(21)20-11-10-19(2)16(12-20)15-6-4-5-7-17(15)22-3/h4-7,13-14,16H,8-12H2,1-3H3. The van der Waals surface area contributed by atoms with E-state index in [0.29, 0.717) is 11.8 Å². The van der Waals surface area contributed by atoms with Gasteiger partial charge in [-0.05, 0) is 31.9 Å². The molecule has 120 valence electrons. The molecule has 1 heterocycles. The van der Waals surface area contributed by atoms with Crippen molar-refractivity contribution in [2.75, 3.05) is 33.8 Å². The summed E-state index contributed by atoms with van der Waals surface area (Å²) in [6.07, 6.45) is 2.44. The number of carbonyl (C=O) groups excluding carboxylic acids is 1. The molecule has 1 aliphatic heterocycles. The Hall–Kier alpha value is -1.55. The van der Waals surface area contributed by atoms with Crippen molar-refractivity contribution in [2.24, 2.45) is 11.8 Å². The van der Waals surface area contributed by atoms with Gasteiger partial charge in [-0.25, -0.2) is 0 Å². The molecule has 1 aromatic carbocycles. The fourth-order valence-corrected chi connectivity index (χ4v) is 3.44. The number of hydrogen-bond donors (Lipinski definition) is 0. The largest absolute Gasteiger partial charge is 0.496 e. The Balaban J connectivity index is 1.77. The fourth-order valence-electron chi connectivity index (χ4n) is 3.44. The third-order valence-corrected chi connectivity index (χ3v) is 5.18. The molecule has 1 aliphatic carbocycles. The van der Waals surface area contributed by atoms with E-state index in [9.17, 15) is 4.79 Å². The first-order valence-electron chi connectivity index (χ1n) is 8.23. The summed E-state index contributed by atoms with van der Waals surface area (Å²) in [6, 6.07) is 8.35. The third-order valence-electron chi connectivity index (χ3n) is 5.18. The maximum atomic E-state index is 12.7. The predicted molar refractivity (Wildman–Crippen MR) is 86.8 cm³/mol. The summed E-state index contributed by atoms with van der Waals surface area (Å²) >= 11 is 0. The van der Waals surface area contributed by atoms with Crippen molar-refractivity contribution in [2.45, 2.75) is 25.8 Å². The number of piperazine rings is 1. The molecule has 0 N–H and O–H groups in total. The number of amides is 1. The van der Waals surface area contributed by atoms with E-state index in [-0.39, 0.29) is 12.0 Å². The molecule has 1 saturated heterocycles. The molecule has 2 fully saturated rings. The van der Waals surface area contributed by atoms with Crippen LogP contribution in [0.1, 0.15) is 31.4 Å². The summed E-state index contributed by atoms with van der Waals surface area (Å²) in [5, 5.41) is 0. The van der Waals surface area contributed by atoms with E-state index in [4.69, 9.17) is 4.74 Å². The third kappa shape index (κ3) is 2.98. The number of rotatable bonds is 4. The van der Waals surface area contributed by atoms with Crippen LogP contribution in [0.4, 0.5) is 0 Å². The SMILES string of the molecule is COc1ccccc1C1CN(C(=O)C(C)C2CC2)CCN1C. The van der Waals surface area contributed by atoms with Crippen LogP contribution in [0, 0.1) is 11.8 Å². The van der Waals surface area contributed by atoms with Crippen molar-refractivity contribution in [3.8, 4) is 5.75 Å². The first-order valence-corrected chi connectivity index (χ1v) is 8.23. The van der Waals surface area contributed by atoms with Gasteiger partial charge in [0.15, 0.2) is 0 Å². The maximum Gasteiger partial charge on any atom is 0.225 e. The van der Waals surface area contributed by atoms with Crippen LogP contribution in [0.15, 0.2) is 24.3 Å². The van der Waals surface area contributed by atoms with E-state index in [2.05, 4.69) is 29.8 Å². The van der Waals surface area contributed by atoms with Crippen LogP contribution in [-0.4, -0.2) is 49.5 Å². The van der Waals surface area contributed by atoms with Crippen LogP contribution in [-0.2, 0) is 4.79 Å².